The van der Waals surface area contributed by atoms with Crippen molar-refractivity contribution < 1.29 is 5.11 Å². The second-order valence-corrected chi connectivity index (χ2v) is 6.66. The van der Waals surface area contributed by atoms with Crippen molar-refractivity contribution in [3.05, 3.63) is 5.82 Å². The first-order valence-electron chi connectivity index (χ1n) is 6.15. The first kappa shape index (κ1) is 12.8. The van der Waals surface area contributed by atoms with E-state index in [1.165, 1.54) is 11.5 Å². The number of aliphatic hydroxyl groups is 1. The Morgan fingerprint density at radius 2 is 2.12 bits per heavy atom. The Labute approximate surface area is 107 Å². The predicted molar refractivity (Wildman–Crippen MR) is 70.6 cm³/mol. The summed E-state index contributed by atoms with van der Waals surface area (Å²) in [6.07, 6.45) is 0.659. The van der Waals surface area contributed by atoms with Crippen LogP contribution in [-0.4, -0.2) is 33.7 Å². The molecule has 96 valence electrons. The molecule has 1 N–H and O–H groups in total. The van der Waals surface area contributed by atoms with Gasteiger partial charge in [0.1, 0.15) is 5.82 Å². The molecule has 5 heteroatoms. The van der Waals surface area contributed by atoms with Crippen LogP contribution in [0.1, 0.15) is 39.9 Å². The minimum Gasteiger partial charge on any atom is -0.393 e. The molecule has 2 unspecified atom stereocenters. The van der Waals surface area contributed by atoms with Gasteiger partial charge in [0.25, 0.3) is 0 Å². The van der Waals surface area contributed by atoms with Gasteiger partial charge in [0.2, 0.25) is 5.13 Å². The standard InChI is InChI=1S/C12H21N3OS/c1-8-7-15(6-5-9(8)16)11-13-10(14-17-11)12(2,3)4/h8-9,16H,5-7H2,1-4H3. The van der Waals surface area contributed by atoms with Gasteiger partial charge in [-0.25, -0.2) is 4.98 Å². The summed E-state index contributed by atoms with van der Waals surface area (Å²) in [6.45, 7) is 10.2. The molecule has 0 radical (unpaired) electrons. The molecule has 2 atom stereocenters. The number of rotatable bonds is 1. The van der Waals surface area contributed by atoms with Gasteiger partial charge in [-0.1, -0.05) is 27.7 Å². The Bertz CT molecular complexity index is 385. The largest absolute Gasteiger partial charge is 0.393 e. The van der Waals surface area contributed by atoms with Crippen LogP contribution in [0.3, 0.4) is 0 Å². The average molecular weight is 255 g/mol. The second kappa shape index (κ2) is 4.53. The van der Waals surface area contributed by atoms with Crippen LogP contribution < -0.4 is 4.90 Å². The van der Waals surface area contributed by atoms with E-state index in [0.717, 1.165) is 30.5 Å². The molecule has 0 spiro atoms. The maximum Gasteiger partial charge on any atom is 0.205 e. The third-order valence-corrected chi connectivity index (χ3v) is 3.99. The summed E-state index contributed by atoms with van der Waals surface area (Å²) >= 11 is 1.47. The van der Waals surface area contributed by atoms with Crippen molar-refractivity contribution in [1.29, 1.82) is 0 Å². The number of aliphatic hydroxyl groups excluding tert-OH is 1. The van der Waals surface area contributed by atoms with Crippen LogP contribution in [0, 0.1) is 5.92 Å². The van der Waals surface area contributed by atoms with Gasteiger partial charge in [0.15, 0.2) is 0 Å². The lowest BCUT2D eigenvalue weighted by molar-refractivity contribution is 0.0971. The van der Waals surface area contributed by atoms with Gasteiger partial charge in [0.05, 0.1) is 6.10 Å². The Morgan fingerprint density at radius 1 is 1.41 bits per heavy atom. The number of hydrogen-bond donors (Lipinski definition) is 1. The molecule has 2 heterocycles. The highest BCUT2D eigenvalue weighted by atomic mass is 32.1. The van der Waals surface area contributed by atoms with Crippen LogP contribution >= 0.6 is 11.5 Å². The first-order chi connectivity index (χ1) is 7.88. The van der Waals surface area contributed by atoms with Crippen molar-refractivity contribution in [2.24, 2.45) is 5.92 Å². The van der Waals surface area contributed by atoms with Crippen molar-refractivity contribution in [3.8, 4) is 0 Å². The van der Waals surface area contributed by atoms with E-state index in [1.54, 1.807) is 0 Å². The summed E-state index contributed by atoms with van der Waals surface area (Å²) in [4.78, 5) is 6.86. The minimum atomic E-state index is -0.166. The van der Waals surface area contributed by atoms with E-state index >= 15 is 0 Å². The lowest BCUT2D eigenvalue weighted by Crippen LogP contribution is -2.41. The molecule has 1 aliphatic rings. The van der Waals surface area contributed by atoms with Crippen molar-refractivity contribution >= 4 is 16.7 Å². The van der Waals surface area contributed by atoms with Crippen LogP contribution in [0.15, 0.2) is 0 Å². The summed E-state index contributed by atoms with van der Waals surface area (Å²) in [5.74, 6) is 1.22. The second-order valence-electron chi connectivity index (χ2n) is 5.93. The third kappa shape index (κ3) is 2.77. The van der Waals surface area contributed by atoms with Gasteiger partial charge in [-0.15, -0.1) is 0 Å². The number of hydrogen-bond acceptors (Lipinski definition) is 5. The Kier molecular flexibility index (Phi) is 3.41. The highest BCUT2D eigenvalue weighted by Crippen LogP contribution is 2.28. The van der Waals surface area contributed by atoms with Gasteiger partial charge in [-0.2, -0.15) is 4.37 Å². The monoisotopic (exact) mass is 255 g/mol. The number of piperidine rings is 1. The molecule has 0 saturated carbocycles. The van der Waals surface area contributed by atoms with E-state index in [0.29, 0.717) is 5.92 Å². The van der Waals surface area contributed by atoms with Crippen LogP contribution in [0.2, 0.25) is 0 Å². The molecular weight excluding hydrogens is 234 g/mol. The number of aromatic nitrogens is 2. The molecule has 1 saturated heterocycles. The fraction of sp³-hybridized carbons (Fsp3) is 0.833. The molecule has 0 aromatic carbocycles. The van der Waals surface area contributed by atoms with E-state index in [1.807, 2.05) is 0 Å². The molecule has 1 aliphatic heterocycles. The minimum absolute atomic E-state index is 0.00959. The van der Waals surface area contributed by atoms with E-state index in [9.17, 15) is 5.11 Å². The molecule has 0 aliphatic carbocycles. The molecule has 4 nitrogen and oxygen atoms in total. The fourth-order valence-electron chi connectivity index (χ4n) is 1.96. The molecule has 1 aromatic rings. The quantitative estimate of drug-likeness (QED) is 0.834. The topological polar surface area (TPSA) is 49.2 Å². The van der Waals surface area contributed by atoms with Crippen molar-refractivity contribution in [2.45, 2.75) is 45.6 Å². The number of anilines is 1. The Hall–Kier alpha value is -0.680. The number of nitrogens with zero attached hydrogens (tertiary/aromatic N) is 3. The van der Waals surface area contributed by atoms with Crippen LogP contribution in [0.25, 0.3) is 0 Å². The highest BCUT2D eigenvalue weighted by molar-refractivity contribution is 7.09. The Balaban J connectivity index is 2.11. The molecular formula is C12H21N3OS. The van der Waals surface area contributed by atoms with Crippen LogP contribution in [-0.2, 0) is 5.41 Å². The normalized spacial score (nSPS) is 26.3. The maximum atomic E-state index is 9.72. The fourth-order valence-corrected chi connectivity index (χ4v) is 2.85. The zero-order valence-corrected chi connectivity index (χ0v) is 11.8. The lowest BCUT2D eigenvalue weighted by atomic mass is 9.96. The van der Waals surface area contributed by atoms with Crippen molar-refractivity contribution in [3.63, 3.8) is 0 Å². The summed E-state index contributed by atoms with van der Waals surface area (Å²) in [7, 11) is 0. The highest BCUT2D eigenvalue weighted by Gasteiger charge is 2.27. The van der Waals surface area contributed by atoms with Crippen LogP contribution in [0.5, 0.6) is 0 Å². The summed E-state index contributed by atoms with van der Waals surface area (Å²) < 4.78 is 4.43. The maximum absolute atomic E-state index is 9.72. The lowest BCUT2D eigenvalue weighted by Gasteiger charge is -2.33. The molecule has 0 amide bonds. The Morgan fingerprint density at radius 3 is 2.65 bits per heavy atom. The molecule has 0 bridgehead atoms. The van der Waals surface area contributed by atoms with E-state index < -0.39 is 0 Å². The van der Waals surface area contributed by atoms with Gasteiger partial charge >= 0.3 is 0 Å². The van der Waals surface area contributed by atoms with E-state index in [-0.39, 0.29) is 11.5 Å². The summed E-state index contributed by atoms with van der Waals surface area (Å²) in [5, 5.41) is 10.7. The smallest absolute Gasteiger partial charge is 0.205 e. The first-order valence-corrected chi connectivity index (χ1v) is 6.92. The summed E-state index contributed by atoms with van der Waals surface area (Å²) in [6, 6.07) is 0. The van der Waals surface area contributed by atoms with Gasteiger partial charge < -0.3 is 10.0 Å². The van der Waals surface area contributed by atoms with Crippen molar-refractivity contribution in [2.75, 3.05) is 18.0 Å². The predicted octanol–water partition coefficient (Wildman–Crippen LogP) is 2.04. The molecule has 2 rings (SSSR count). The SMILES string of the molecule is CC1CN(c2nc(C(C)(C)C)ns2)CCC1O. The van der Waals surface area contributed by atoms with E-state index in [4.69, 9.17) is 0 Å². The average Bonchev–Trinajstić information content (AvgIpc) is 2.70. The third-order valence-electron chi connectivity index (χ3n) is 3.22. The van der Waals surface area contributed by atoms with Crippen LogP contribution in [0.4, 0.5) is 5.13 Å². The molecule has 1 aromatic heterocycles. The summed E-state index contributed by atoms with van der Waals surface area (Å²) in [5.41, 5.74) is 0.00959. The zero-order chi connectivity index (χ0) is 12.6. The molecule has 17 heavy (non-hydrogen) atoms. The van der Waals surface area contributed by atoms with Crippen molar-refractivity contribution in [1.82, 2.24) is 9.36 Å². The van der Waals surface area contributed by atoms with Gasteiger partial charge in [0, 0.05) is 30.0 Å². The zero-order valence-electron chi connectivity index (χ0n) is 11.0. The van der Waals surface area contributed by atoms with Gasteiger partial charge in [-0.05, 0) is 12.3 Å². The molecule has 1 fully saturated rings. The van der Waals surface area contributed by atoms with E-state index in [2.05, 4.69) is 42.0 Å². The van der Waals surface area contributed by atoms with Gasteiger partial charge in [-0.3, -0.25) is 0 Å².